The second-order valence-corrected chi connectivity index (χ2v) is 4.03. The van der Waals surface area contributed by atoms with Crippen molar-refractivity contribution in [3.63, 3.8) is 0 Å². The van der Waals surface area contributed by atoms with Crippen LogP contribution in [0.15, 0.2) is 22.8 Å². The van der Waals surface area contributed by atoms with Crippen molar-refractivity contribution in [3.05, 3.63) is 22.8 Å². The Morgan fingerprint density at radius 1 is 0.870 bits per heavy atom. The predicted octanol–water partition coefficient (Wildman–Crippen LogP) is 5.49. The van der Waals surface area contributed by atoms with Crippen LogP contribution < -0.4 is 0 Å². The SMILES string of the molecule is FC(=C=C=CCl)C(F)C(F)(F)C(F)(F)C(F)(F)C(F)C(F)(F)F. The smallest absolute Gasteiger partial charge is 0.232 e. The van der Waals surface area contributed by atoms with E-state index in [9.17, 15) is 52.7 Å². The molecule has 0 rings (SSSR count). The van der Waals surface area contributed by atoms with Gasteiger partial charge in [0.1, 0.15) is 0 Å². The van der Waals surface area contributed by atoms with Crippen LogP contribution in [0.25, 0.3) is 0 Å². The fourth-order valence-corrected chi connectivity index (χ4v) is 1.12. The van der Waals surface area contributed by atoms with Crippen LogP contribution in [0.2, 0.25) is 0 Å². The molecule has 0 saturated carbocycles. The van der Waals surface area contributed by atoms with Crippen molar-refractivity contribution >= 4 is 11.6 Å². The molecule has 134 valence electrons. The molecule has 2 unspecified atom stereocenters. The zero-order valence-electron chi connectivity index (χ0n) is 10.1. The van der Waals surface area contributed by atoms with Crippen molar-refractivity contribution in [1.29, 1.82) is 0 Å². The van der Waals surface area contributed by atoms with Gasteiger partial charge in [-0.05, 0) is 5.73 Å². The zero-order chi connectivity index (χ0) is 18.9. The molecular weight excluding hydrogens is 384 g/mol. The van der Waals surface area contributed by atoms with Gasteiger partial charge in [-0.3, -0.25) is 0 Å². The minimum atomic E-state index is -7.24. The van der Waals surface area contributed by atoms with Gasteiger partial charge in [-0.1, -0.05) is 17.3 Å². The number of rotatable bonds is 5. The fraction of sp³-hybridized carbons (Fsp3) is 0.600. The van der Waals surface area contributed by atoms with Gasteiger partial charge in [0, 0.05) is 0 Å². The highest BCUT2D eigenvalue weighted by atomic mass is 35.5. The molecule has 0 nitrogen and oxygen atoms in total. The van der Waals surface area contributed by atoms with E-state index in [-0.39, 0.29) is 5.54 Å². The van der Waals surface area contributed by atoms with E-state index in [1.807, 2.05) is 0 Å². The first-order valence-electron chi connectivity index (χ1n) is 4.99. The van der Waals surface area contributed by atoms with Crippen molar-refractivity contribution in [3.8, 4) is 0 Å². The van der Waals surface area contributed by atoms with E-state index in [1.165, 1.54) is 5.73 Å². The van der Waals surface area contributed by atoms with Crippen LogP contribution in [-0.2, 0) is 0 Å². The van der Waals surface area contributed by atoms with E-state index in [2.05, 4.69) is 11.6 Å². The lowest BCUT2D eigenvalue weighted by atomic mass is 9.96. The van der Waals surface area contributed by atoms with Gasteiger partial charge in [0.2, 0.25) is 6.17 Å². The first-order chi connectivity index (χ1) is 10.0. The summed E-state index contributed by atoms with van der Waals surface area (Å²) in [7, 11) is 0. The maximum Gasteiger partial charge on any atom is 0.425 e. The molecule has 0 heterocycles. The molecule has 0 amide bonds. The second kappa shape index (κ2) is 6.70. The monoisotopic (exact) mass is 386 g/mol. The molecule has 0 aliphatic carbocycles. The molecule has 0 spiro atoms. The molecule has 0 aromatic carbocycles. The van der Waals surface area contributed by atoms with Gasteiger partial charge in [0.25, 0.3) is 6.17 Å². The van der Waals surface area contributed by atoms with E-state index in [4.69, 9.17) is 0 Å². The summed E-state index contributed by atoms with van der Waals surface area (Å²) in [5, 5.41) is 0. The van der Waals surface area contributed by atoms with Crippen molar-refractivity contribution in [2.24, 2.45) is 0 Å². The Hall–Kier alpha value is -1.25. The molecule has 2 atom stereocenters. The van der Waals surface area contributed by atoms with Crippen LogP contribution in [0, 0.1) is 0 Å². The predicted molar refractivity (Wildman–Crippen MR) is 52.8 cm³/mol. The quantitative estimate of drug-likeness (QED) is 0.433. The molecule has 0 fully saturated rings. The second-order valence-electron chi connectivity index (χ2n) is 3.81. The van der Waals surface area contributed by atoms with E-state index in [1.54, 1.807) is 0 Å². The third-order valence-corrected chi connectivity index (χ3v) is 2.34. The van der Waals surface area contributed by atoms with Gasteiger partial charge in [0.05, 0.1) is 5.54 Å². The average Bonchev–Trinajstić information content (AvgIpc) is 2.41. The highest BCUT2D eigenvalue weighted by Gasteiger charge is 2.81. The number of allylic oxidation sites excluding steroid dienone is 1. The molecule has 0 aromatic rings. The van der Waals surface area contributed by atoms with Crippen LogP contribution in [0.3, 0.4) is 0 Å². The molecule has 23 heavy (non-hydrogen) atoms. The van der Waals surface area contributed by atoms with Gasteiger partial charge in [-0.15, -0.1) is 0 Å². The van der Waals surface area contributed by atoms with E-state index < -0.39 is 42.1 Å². The molecular formula is C10H3ClF12. The van der Waals surface area contributed by atoms with Crippen molar-refractivity contribution < 1.29 is 52.7 Å². The number of hydrogen-bond acceptors (Lipinski definition) is 0. The lowest BCUT2D eigenvalue weighted by molar-refractivity contribution is -0.363. The molecule has 0 aromatic heterocycles. The van der Waals surface area contributed by atoms with Crippen LogP contribution in [0.1, 0.15) is 0 Å². The zero-order valence-corrected chi connectivity index (χ0v) is 10.9. The van der Waals surface area contributed by atoms with E-state index in [0.717, 1.165) is 5.73 Å². The number of alkyl halides is 11. The summed E-state index contributed by atoms with van der Waals surface area (Å²) >= 11 is 4.69. The molecule has 13 heteroatoms. The summed E-state index contributed by atoms with van der Waals surface area (Å²) in [6, 6.07) is 0. The summed E-state index contributed by atoms with van der Waals surface area (Å²) in [5.41, 5.74) is 2.25. The highest BCUT2D eigenvalue weighted by molar-refractivity contribution is 6.25. The average molecular weight is 387 g/mol. The third kappa shape index (κ3) is 3.99. The topological polar surface area (TPSA) is 0 Å². The number of halogens is 13. The Balaban J connectivity index is 6.02. The Labute approximate surface area is 124 Å². The minimum absolute atomic E-state index is 0.207. The Morgan fingerprint density at radius 3 is 1.65 bits per heavy atom. The molecule has 0 radical (unpaired) electrons. The summed E-state index contributed by atoms with van der Waals surface area (Å²) in [6.45, 7) is 0. The third-order valence-electron chi connectivity index (χ3n) is 2.23. The Morgan fingerprint density at radius 2 is 1.30 bits per heavy atom. The highest BCUT2D eigenvalue weighted by Crippen LogP contribution is 2.53. The van der Waals surface area contributed by atoms with Gasteiger partial charge < -0.3 is 0 Å². The maximum absolute atomic E-state index is 13.0. The fourth-order valence-electron chi connectivity index (χ4n) is 1.06. The van der Waals surface area contributed by atoms with Gasteiger partial charge in [-0.25, -0.2) is 8.78 Å². The number of hydrogen-bond donors (Lipinski definition) is 0. The lowest BCUT2D eigenvalue weighted by Gasteiger charge is -2.35. The first-order valence-corrected chi connectivity index (χ1v) is 5.42. The van der Waals surface area contributed by atoms with Crippen molar-refractivity contribution in [1.82, 2.24) is 0 Å². The normalized spacial score (nSPS) is 16.2. The standard InChI is InChI=1S/C10H3ClF12/c11-3-1-2-4(12)5(13)7(15,16)10(22,23)8(17,18)6(14)9(19,20)21/h3,5-6H. The molecule has 0 N–H and O–H groups in total. The van der Waals surface area contributed by atoms with Crippen molar-refractivity contribution in [2.45, 2.75) is 36.3 Å². The summed E-state index contributed by atoms with van der Waals surface area (Å²) in [6.07, 6.45) is -17.3. The Bertz CT molecular complexity index is 520. The summed E-state index contributed by atoms with van der Waals surface area (Å²) in [5.74, 6) is -24.0. The maximum atomic E-state index is 13.0. The van der Waals surface area contributed by atoms with Crippen LogP contribution >= 0.6 is 11.6 Å². The van der Waals surface area contributed by atoms with E-state index in [0.29, 0.717) is 0 Å². The molecule has 0 saturated heterocycles. The summed E-state index contributed by atoms with van der Waals surface area (Å²) in [4.78, 5) is 0. The lowest BCUT2D eigenvalue weighted by Crippen LogP contribution is -2.64. The van der Waals surface area contributed by atoms with Crippen LogP contribution in [0.5, 0.6) is 0 Å². The van der Waals surface area contributed by atoms with Crippen LogP contribution in [-0.4, -0.2) is 36.3 Å². The van der Waals surface area contributed by atoms with Crippen molar-refractivity contribution in [2.75, 3.05) is 0 Å². The van der Waals surface area contributed by atoms with Gasteiger partial charge in [-0.2, -0.15) is 43.9 Å². The molecule has 0 aliphatic heterocycles. The molecule has 0 bridgehead atoms. The largest absolute Gasteiger partial charge is 0.425 e. The van der Waals surface area contributed by atoms with E-state index >= 15 is 0 Å². The first kappa shape index (κ1) is 21.8. The molecule has 0 aliphatic rings. The van der Waals surface area contributed by atoms with Crippen LogP contribution in [0.4, 0.5) is 52.7 Å². The van der Waals surface area contributed by atoms with Gasteiger partial charge >= 0.3 is 23.9 Å². The van der Waals surface area contributed by atoms with Gasteiger partial charge in [0.15, 0.2) is 5.83 Å². The minimum Gasteiger partial charge on any atom is -0.232 e. The Kier molecular flexibility index (Phi) is 6.34. The summed E-state index contributed by atoms with van der Waals surface area (Å²) < 4.78 is 151.